The topological polar surface area (TPSA) is 99.9 Å². The largest absolute Gasteiger partial charge is 0.455 e. The monoisotopic (exact) mass is 454 g/mol. The summed E-state index contributed by atoms with van der Waals surface area (Å²) in [6.07, 6.45) is -8.17. The third-order valence-electron chi connectivity index (χ3n) is 4.04. The molecule has 0 saturated carbocycles. The van der Waals surface area contributed by atoms with Crippen molar-refractivity contribution in [3.8, 4) is 0 Å². The highest BCUT2D eigenvalue weighted by Crippen LogP contribution is 2.40. The molecule has 28 heavy (non-hydrogen) atoms. The molecule has 1 aliphatic heterocycles. The van der Waals surface area contributed by atoms with Crippen LogP contribution in [0.25, 0.3) is 11.0 Å². The average Bonchev–Trinajstić information content (AvgIpc) is 3.05. The van der Waals surface area contributed by atoms with Crippen LogP contribution in [-0.2, 0) is 23.8 Å². The highest BCUT2D eigenvalue weighted by Gasteiger charge is 2.53. The first kappa shape index (κ1) is 21.1. The molecule has 1 aromatic carbocycles. The maximum Gasteiger partial charge on any atom is 0.303 e. The van der Waals surface area contributed by atoms with Gasteiger partial charge in [-0.05, 0) is 23.7 Å². The van der Waals surface area contributed by atoms with Crippen LogP contribution in [0.4, 0.5) is 4.39 Å². The van der Waals surface area contributed by atoms with E-state index < -0.39 is 42.8 Å². The zero-order valence-electron chi connectivity index (χ0n) is 14.4. The third-order valence-corrected chi connectivity index (χ3v) is 5.03. The van der Waals surface area contributed by atoms with Crippen molar-refractivity contribution in [2.75, 3.05) is 0 Å². The predicted molar refractivity (Wildman–Crippen MR) is 96.9 cm³/mol. The standard InChI is InChI=1S/C16H14Cl3FN2O6/c1-5(23)26-11-12(14(20)25)28-15(13(11)27-6(2)24)22-10-4-8(18)7(17)3-9(10)21-16(22)19/h3-4,11-15,25H,1-2H3/t11?,12-,13?,14?,15?/m0/s1. The van der Waals surface area contributed by atoms with Gasteiger partial charge in [0.1, 0.15) is 0 Å². The molecule has 3 rings (SSSR count). The smallest absolute Gasteiger partial charge is 0.303 e. The lowest BCUT2D eigenvalue weighted by Crippen LogP contribution is -2.42. The Morgan fingerprint density at radius 1 is 1.18 bits per heavy atom. The zero-order chi connectivity index (χ0) is 20.7. The minimum Gasteiger partial charge on any atom is -0.455 e. The number of halogens is 4. The van der Waals surface area contributed by atoms with Gasteiger partial charge in [-0.3, -0.25) is 14.2 Å². The van der Waals surface area contributed by atoms with Crippen LogP contribution in [0.3, 0.4) is 0 Å². The van der Waals surface area contributed by atoms with Crippen LogP contribution in [0.5, 0.6) is 0 Å². The minimum atomic E-state index is -2.53. The van der Waals surface area contributed by atoms with E-state index in [4.69, 9.17) is 49.0 Å². The molecule has 4 unspecified atom stereocenters. The lowest BCUT2D eigenvalue weighted by atomic mass is 10.1. The van der Waals surface area contributed by atoms with Crippen LogP contribution in [0.15, 0.2) is 12.1 Å². The molecular formula is C16H14Cl3FN2O6. The van der Waals surface area contributed by atoms with Crippen LogP contribution in [0, 0.1) is 0 Å². The normalized spacial score (nSPS) is 25.7. The first-order valence-electron chi connectivity index (χ1n) is 7.94. The van der Waals surface area contributed by atoms with E-state index in [0.717, 1.165) is 13.8 Å². The molecule has 0 radical (unpaired) electrons. The van der Waals surface area contributed by atoms with Crippen molar-refractivity contribution < 1.29 is 33.3 Å². The molecule has 0 bridgehead atoms. The summed E-state index contributed by atoms with van der Waals surface area (Å²) in [5.41, 5.74) is 0.690. The molecule has 152 valence electrons. The molecule has 2 heterocycles. The average molecular weight is 456 g/mol. The van der Waals surface area contributed by atoms with Crippen molar-refractivity contribution in [2.24, 2.45) is 0 Å². The number of ether oxygens (including phenoxy) is 3. The number of hydrogen-bond acceptors (Lipinski definition) is 7. The molecule has 1 N–H and O–H groups in total. The molecule has 0 amide bonds. The molecule has 2 aromatic rings. The first-order chi connectivity index (χ1) is 13.1. The minimum absolute atomic E-state index is 0.106. The van der Waals surface area contributed by atoms with E-state index in [1.807, 2.05) is 0 Å². The molecule has 1 saturated heterocycles. The van der Waals surface area contributed by atoms with Crippen molar-refractivity contribution in [1.29, 1.82) is 0 Å². The summed E-state index contributed by atoms with van der Waals surface area (Å²) in [5.74, 6) is -1.53. The molecular weight excluding hydrogens is 442 g/mol. The van der Waals surface area contributed by atoms with E-state index in [0.29, 0.717) is 11.0 Å². The van der Waals surface area contributed by atoms with Gasteiger partial charge in [-0.2, -0.15) is 0 Å². The number of imidazole rings is 1. The second kappa shape index (κ2) is 8.00. The van der Waals surface area contributed by atoms with Crippen LogP contribution >= 0.6 is 34.8 Å². The van der Waals surface area contributed by atoms with Gasteiger partial charge in [-0.1, -0.05) is 23.2 Å². The number of alkyl halides is 1. The fourth-order valence-electron chi connectivity index (χ4n) is 3.04. The Hall–Kier alpha value is -1.65. The molecule has 1 fully saturated rings. The van der Waals surface area contributed by atoms with Gasteiger partial charge in [-0.15, -0.1) is 0 Å². The van der Waals surface area contributed by atoms with Gasteiger partial charge in [0.2, 0.25) is 11.6 Å². The van der Waals surface area contributed by atoms with Gasteiger partial charge < -0.3 is 19.3 Å². The Balaban J connectivity index is 2.14. The van der Waals surface area contributed by atoms with Gasteiger partial charge in [-0.25, -0.2) is 9.37 Å². The summed E-state index contributed by atoms with van der Waals surface area (Å²) in [5, 5.41) is 9.76. The molecule has 8 nitrogen and oxygen atoms in total. The van der Waals surface area contributed by atoms with Crippen LogP contribution in [0.1, 0.15) is 20.1 Å². The highest BCUT2D eigenvalue weighted by atomic mass is 35.5. The van der Waals surface area contributed by atoms with Crippen LogP contribution in [-0.4, -0.2) is 51.3 Å². The first-order valence-corrected chi connectivity index (χ1v) is 9.08. The molecule has 1 aromatic heterocycles. The number of nitrogens with zero attached hydrogens (tertiary/aromatic N) is 2. The number of benzene rings is 1. The van der Waals surface area contributed by atoms with Gasteiger partial charge in [0, 0.05) is 13.8 Å². The second-order valence-electron chi connectivity index (χ2n) is 6.02. The Labute approximate surface area is 173 Å². The number of carbonyl (C=O) groups is 2. The van der Waals surface area contributed by atoms with E-state index in [-0.39, 0.29) is 15.3 Å². The van der Waals surface area contributed by atoms with Gasteiger partial charge in [0.25, 0.3) is 0 Å². The van der Waals surface area contributed by atoms with Crippen molar-refractivity contribution in [3.63, 3.8) is 0 Å². The molecule has 0 aliphatic carbocycles. The number of rotatable bonds is 4. The Bertz CT molecular complexity index is 937. The summed E-state index contributed by atoms with van der Waals surface area (Å²) < 4.78 is 30.9. The second-order valence-corrected chi connectivity index (χ2v) is 7.17. The summed E-state index contributed by atoms with van der Waals surface area (Å²) in [4.78, 5) is 27.2. The van der Waals surface area contributed by atoms with Crippen molar-refractivity contribution in [1.82, 2.24) is 9.55 Å². The highest BCUT2D eigenvalue weighted by molar-refractivity contribution is 6.42. The van der Waals surface area contributed by atoms with Crippen molar-refractivity contribution in [3.05, 3.63) is 27.5 Å². The van der Waals surface area contributed by atoms with Crippen LogP contribution < -0.4 is 0 Å². The van der Waals surface area contributed by atoms with Crippen molar-refractivity contribution in [2.45, 2.75) is 44.7 Å². The molecule has 0 spiro atoms. The molecule has 5 atom stereocenters. The number of fused-ring (bicyclic) bond motifs is 1. The summed E-state index contributed by atoms with van der Waals surface area (Å²) in [7, 11) is 0. The van der Waals surface area contributed by atoms with Gasteiger partial charge in [0.15, 0.2) is 24.5 Å². The maximum atomic E-state index is 13.8. The number of aliphatic hydroxyl groups is 1. The quantitative estimate of drug-likeness (QED) is 0.707. The Kier molecular flexibility index (Phi) is 6.02. The summed E-state index contributed by atoms with van der Waals surface area (Å²) in [6, 6.07) is 2.91. The fourth-order valence-corrected chi connectivity index (χ4v) is 3.63. The summed E-state index contributed by atoms with van der Waals surface area (Å²) >= 11 is 18.3. The number of aromatic nitrogens is 2. The maximum absolute atomic E-state index is 13.8. The van der Waals surface area contributed by atoms with E-state index in [1.54, 1.807) is 0 Å². The van der Waals surface area contributed by atoms with Crippen LogP contribution in [0.2, 0.25) is 15.3 Å². The Morgan fingerprint density at radius 2 is 1.75 bits per heavy atom. The SMILES string of the molecule is CC(=O)OC1C(OC(C)=O)[C@@H](C(O)F)OC1n1c(Cl)nc2cc(Cl)c(Cl)cc21. The van der Waals surface area contributed by atoms with E-state index in [2.05, 4.69) is 4.98 Å². The lowest BCUT2D eigenvalue weighted by molar-refractivity contribution is -0.169. The number of carbonyl (C=O) groups excluding carboxylic acids is 2. The third kappa shape index (κ3) is 3.90. The number of aliphatic hydroxyl groups excluding tert-OH is 1. The summed E-state index contributed by atoms with van der Waals surface area (Å²) in [6.45, 7) is 2.20. The fraction of sp³-hybridized carbons (Fsp3) is 0.438. The number of hydrogen-bond donors (Lipinski definition) is 1. The zero-order valence-corrected chi connectivity index (χ0v) is 16.7. The van der Waals surface area contributed by atoms with Gasteiger partial charge >= 0.3 is 11.9 Å². The lowest BCUT2D eigenvalue weighted by Gasteiger charge is -2.24. The van der Waals surface area contributed by atoms with E-state index in [9.17, 15) is 19.1 Å². The van der Waals surface area contributed by atoms with E-state index >= 15 is 0 Å². The number of esters is 2. The predicted octanol–water partition coefficient (Wildman–Crippen LogP) is 3.05. The Morgan fingerprint density at radius 3 is 2.32 bits per heavy atom. The van der Waals surface area contributed by atoms with E-state index in [1.165, 1.54) is 16.7 Å². The van der Waals surface area contributed by atoms with Gasteiger partial charge in [0.05, 0.1) is 21.1 Å². The molecule has 1 aliphatic rings. The molecule has 12 heteroatoms. The van der Waals surface area contributed by atoms with Crippen molar-refractivity contribution >= 4 is 57.8 Å².